The second-order valence-electron chi connectivity index (χ2n) is 10.6. The fraction of sp³-hybridized carbons (Fsp3) is 0.250. The summed E-state index contributed by atoms with van der Waals surface area (Å²) in [5, 5.41) is 0. The minimum atomic E-state index is -0.809. The van der Waals surface area contributed by atoms with E-state index in [0.717, 1.165) is 29.5 Å². The van der Waals surface area contributed by atoms with Gasteiger partial charge >= 0.3 is 5.97 Å². The molecule has 2 unspecified atom stereocenters. The van der Waals surface area contributed by atoms with E-state index in [9.17, 15) is 9.18 Å². The topological polar surface area (TPSA) is 38.8 Å². The number of carbonyl (C=O) groups excluding carboxylic acids is 1. The molecule has 2 heterocycles. The Kier molecular flexibility index (Phi) is 8.56. The summed E-state index contributed by atoms with van der Waals surface area (Å²) in [5.41, 5.74) is 3.85. The molecule has 0 radical (unpaired) electrons. The lowest BCUT2D eigenvalue weighted by Gasteiger charge is -2.38. The molecule has 42 heavy (non-hydrogen) atoms. The van der Waals surface area contributed by atoms with E-state index in [2.05, 4.69) is 77.7 Å². The minimum Gasteiger partial charge on any atom is -0.465 e. The Bertz CT molecular complexity index is 1450. The van der Waals surface area contributed by atoms with E-state index in [1.54, 1.807) is 36.9 Å². The van der Waals surface area contributed by atoms with Crippen molar-refractivity contribution in [2.75, 3.05) is 19.7 Å². The molecule has 0 fully saturated rings. The van der Waals surface area contributed by atoms with Crippen molar-refractivity contribution in [2.24, 2.45) is 0 Å². The zero-order valence-electron chi connectivity index (χ0n) is 23.6. The molecular formula is C36H34FNO3S. The molecule has 0 saturated heterocycles. The van der Waals surface area contributed by atoms with Gasteiger partial charge in [0.2, 0.25) is 0 Å². The Morgan fingerprint density at radius 3 is 1.98 bits per heavy atom. The van der Waals surface area contributed by atoms with Crippen LogP contribution in [0.15, 0.2) is 126 Å². The maximum absolute atomic E-state index is 14.9. The van der Waals surface area contributed by atoms with E-state index >= 15 is 0 Å². The lowest BCUT2D eigenvalue weighted by molar-refractivity contribution is -0.150. The van der Waals surface area contributed by atoms with E-state index in [4.69, 9.17) is 9.47 Å². The van der Waals surface area contributed by atoms with Crippen LogP contribution in [-0.4, -0.2) is 36.0 Å². The Labute approximate surface area is 251 Å². The lowest BCUT2D eigenvalue weighted by Crippen LogP contribution is -2.39. The Hall–Kier alpha value is -3.71. The van der Waals surface area contributed by atoms with Crippen LogP contribution in [0.5, 0.6) is 0 Å². The number of hydrogen-bond acceptors (Lipinski definition) is 5. The summed E-state index contributed by atoms with van der Waals surface area (Å²) in [7, 11) is 0. The van der Waals surface area contributed by atoms with Gasteiger partial charge in [-0.3, -0.25) is 4.90 Å². The molecule has 2 aliphatic heterocycles. The predicted octanol–water partition coefficient (Wildman–Crippen LogP) is 7.86. The summed E-state index contributed by atoms with van der Waals surface area (Å²) in [6.07, 6.45) is 1.50. The molecular weight excluding hydrogens is 545 g/mol. The van der Waals surface area contributed by atoms with Gasteiger partial charge in [-0.05, 0) is 46.6 Å². The normalized spacial score (nSPS) is 18.0. The van der Waals surface area contributed by atoms with Gasteiger partial charge in [-0.1, -0.05) is 121 Å². The van der Waals surface area contributed by atoms with Crippen LogP contribution >= 0.6 is 11.8 Å². The van der Waals surface area contributed by atoms with Crippen LogP contribution in [0, 0.1) is 5.82 Å². The summed E-state index contributed by atoms with van der Waals surface area (Å²) in [6.45, 7) is 3.23. The molecule has 2 atom stereocenters. The van der Waals surface area contributed by atoms with Gasteiger partial charge in [0.15, 0.2) is 0 Å². The molecule has 4 aromatic rings. The maximum Gasteiger partial charge on any atom is 0.328 e. The number of thioether (sulfide) groups is 1. The standard InChI is InChI=1S/C36H34FNO3S/c1-2-40-35(39)34(30-20-12-13-21-31(30)37)38-23-22-32-26(25-38)24-33(42-32)41-36(27-14-6-3-7-15-27,28-16-8-4-9-17-28)29-18-10-5-11-19-29/h3-21,33-34H,2,22-25H2,1H3. The molecule has 4 aromatic carbocycles. The summed E-state index contributed by atoms with van der Waals surface area (Å²) < 4.78 is 27.6. The maximum atomic E-state index is 14.9. The lowest BCUT2D eigenvalue weighted by atomic mass is 9.80. The van der Waals surface area contributed by atoms with Crippen LogP contribution in [0.25, 0.3) is 0 Å². The van der Waals surface area contributed by atoms with Gasteiger partial charge in [-0.25, -0.2) is 9.18 Å². The average Bonchev–Trinajstić information content (AvgIpc) is 3.44. The Balaban J connectivity index is 1.31. The smallest absolute Gasteiger partial charge is 0.328 e. The van der Waals surface area contributed by atoms with Gasteiger partial charge in [-0.15, -0.1) is 0 Å². The highest BCUT2D eigenvalue weighted by molar-refractivity contribution is 8.03. The third-order valence-corrected chi connectivity index (χ3v) is 9.33. The molecule has 6 heteroatoms. The molecule has 0 bridgehead atoms. The van der Waals surface area contributed by atoms with Crippen molar-refractivity contribution in [3.63, 3.8) is 0 Å². The van der Waals surface area contributed by atoms with Crippen molar-refractivity contribution in [3.05, 3.63) is 154 Å². The van der Waals surface area contributed by atoms with Crippen LogP contribution in [0.3, 0.4) is 0 Å². The molecule has 0 amide bonds. The number of hydrogen-bond donors (Lipinski definition) is 0. The van der Waals surface area contributed by atoms with E-state index in [0.29, 0.717) is 18.7 Å². The number of nitrogens with zero attached hydrogens (tertiary/aromatic N) is 1. The van der Waals surface area contributed by atoms with Crippen molar-refractivity contribution in [1.29, 1.82) is 0 Å². The second kappa shape index (κ2) is 12.7. The van der Waals surface area contributed by atoms with Crippen molar-refractivity contribution < 1.29 is 18.7 Å². The second-order valence-corrected chi connectivity index (χ2v) is 11.8. The molecule has 0 N–H and O–H groups in total. The number of rotatable bonds is 9. The van der Waals surface area contributed by atoms with Gasteiger partial charge < -0.3 is 9.47 Å². The molecule has 4 nitrogen and oxygen atoms in total. The fourth-order valence-corrected chi connectivity index (χ4v) is 7.47. The molecule has 0 spiro atoms. The first-order chi connectivity index (χ1) is 20.6. The first-order valence-corrected chi connectivity index (χ1v) is 15.3. The molecule has 2 aliphatic rings. The number of ether oxygens (including phenoxy) is 2. The third kappa shape index (κ3) is 5.54. The van der Waals surface area contributed by atoms with E-state index in [1.165, 1.54) is 16.5 Å². The largest absolute Gasteiger partial charge is 0.465 e. The van der Waals surface area contributed by atoms with E-state index in [1.807, 2.05) is 18.2 Å². The van der Waals surface area contributed by atoms with Gasteiger partial charge in [0.1, 0.15) is 22.9 Å². The Morgan fingerprint density at radius 1 is 0.881 bits per heavy atom. The van der Waals surface area contributed by atoms with Crippen molar-refractivity contribution in [1.82, 2.24) is 4.90 Å². The molecule has 0 aromatic heterocycles. The minimum absolute atomic E-state index is 0.134. The number of halogens is 1. The third-order valence-electron chi connectivity index (χ3n) is 8.03. The van der Waals surface area contributed by atoms with Crippen LogP contribution < -0.4 is 0 Å². The SMILES string of the molecule is CCOC(=O)C(c1ccccc1F)N1CCC2=C(CC(OC(c3ccccc3)(c3ccccc3)c3ccccc3)S2)C1. The van der Waals surface area contributed by atoms with E-state index < -0.39 is 23.4 Å². The zero-order chi connectivity index (χ0) is 28.9. The quantitative estimate of drug-likeness (QED) is 0.149. The number of carbonyl (C=O) groups is 1. The molecule has 214 valence electrons. The molecule has 0 saturated carbocycles. The monoisotopic (exact) mass is 579 g/mol. The van der Waals surface area contributed by atoms with Gasteiger partial charge in [-0.2, -0.15) is 0 Å². The van der Waals surface area contributed by atoms with Crippen LogP contribution in [-0.2, 0) is 19.9 Å². The first-order valence-electron chi connectivity index (χ1n) is 14.5. The van der Waals surface area contributed by atoms with Crippen LogP contribution in [0.1, 0.15) is 48.1 Å². The highest BCUT2D eigenvalue weighted by Gasteiger charge is 2.43. The van der Waals surface area contributed by atoms with Crippen molar-refractivity contribution >= 4 is 17.7 Å². The van der Waals surface area contributed by atoms with Gasteiger partial charge in [0.05, 0.1) is 6.61 Å². The van der Waals surface area contributed by atoms with Crippen molar-refractivity contribution in [2.45, 2.75) is 36.8 Å². The summed E-state index contributed by atoms with van der Waals surface area (Å²) in [6, 6.07) is 36.9. The molecule has 6 rings (SSSR count). The highest BCUT2D eigenvalue weighted by Crippen LogP contribution is 2.50. The predicted molar refractivity (Wildman–Crippen MR) is 165 cm³/mol. The van der Waals surface area contributed by atoms with E-state index in [-0.39, 0.29) is 12.0 Å². The molecule has 0 aliphatic carbocycles. The highest BCUT2D eigenvalue weighted by atomic mass is 32.2. The number of esters is 1. The first kappa shape index (κ1) is 28.4. The summed E-state index contributed by atoms with van der Waals surface area (Å²) in [4.78, 5) is 16.5. The zero-order valence-corrected chi connectivity index (χ0v) is 24.4. The Morgan fingerprint density at radius 2 is 1.43 bits per heavy atom. The van der Waals surface area contributed by atoms with Crippen LogP contribution in [0.4, 0.5) is 4.39 Å². The summed E-state index contributed by atoms with van der Waals surface area (Å²) >= 11 is 1.78. The van der Waals surface area contributed by atoms with Crippen molar-refractivity contribution in [3.8, 4) is 0 Å². The average molecular weight is 580 g/mol. The van der Waals surface area contributed by atoms with Gasteiger partial charge in [0, 0.05) is 25.1 Å². The van der Waals surface area contributed by atoms with Crippen LogP contribution in [0.2, 0.25) is 0 Å². The summed E-state index contributed by atoms with van der Waals surface area (Å²) in [5.74, 6) is -0.808. The fourth-order valence-electron chi connectivity index (χ4n) is 6.15. The number of benzene rings is 4. The van der Waals surface area contributed by atoms with Gasteiger partial charge in [0.25, 0.3) is 0 Å².